The highest BCUT2D eigenvalue weighted by Crippen LogP contribution is 2.33. The van der Waals surface area contributed by atoms with Crippen LogP contribution in [0, 0.1) is 12.7 Å². The van der Waals surface area contributed by atoms with Crippen LogP contribution in [-0.4, -0.2) is 10.1 Å². The summed E-state index contributed by atoms with van der Waals surface area (Å²) in [4.78, 5) is 5.07. The zero-order valence-corrected chi connectivity index (χ0v) is 12.6. The average Bonchev–Trinajstić information content (AvgIpc) is 3.02. The molecule has 0 aliphatic carbocycles. The van der Waals surface area contributed by atoms with Gasteiger partial charge < -0.3 is 10.3 Å². The van der Waals surface area contributed by atoms with Crippen molar-refractivity contribution in [1.82, 2.24) is 10.1 Å². The predicted molar refractivity (Wildman–Crippen MR) is 81.0 cm³/mol. The molecule has 2 N–H and O–H groups in total. The molecule has 3 aromatic rings. The first-order valence-corrected chi connectivity index (χ1v) is 7.41. The van der Waals surface area contributed by atoms with E-state index in [0.717, 1.165) is 16.0 Å². The smallest absolute Gasteiger partial charge is 0.270 e. The Morgan fingerprint density at radius 2 is 2.24 bits per heavy atom. The number of nitrogens with two attached hydrogens (primary N) is 1. The largest absolute Gasteiger partial charge is 0.397 e. The molecule has 2 aromatic heterocycles. The molecule has 0 amide bonds. The standard InChI is InChI=1S/C14H11ClFN3OS/c1-7-6-21-13(12(7)17)14-18-11(19-20-14)4-8-2-3-9(16)5-10(8)15/h2-3,5-6H,4,17H2,1H3. The maximum absolute atomic E-state index is 13.0. The minimum atomic E-state index is -0.376. The third kappa shape index (κ3) is 2.77. The molecule has 0 atom stereocenters. The van der Waals surface area contributed by atoms with E-state index in [4.69, 9.17) is 21.9 Å². The Morgan fingerprint density at radius 1 is 1.43 bits per heavy atom. The Labute approximate surface area is 129 Å². The molecule has 0 aliphatic heterocycles. The second kappa shape index (κ2) is 5.46. The quantitative estimate of drug-likeness (QED) is 0.789. The van der Waals surface area contributed by atoms with Crippen LogP contribution in [0.25, 0.3) is 10.8 Å². The molecular weight excluding hydrogens is 313 g/mol. The summed E-state index contributed by atoms with van der Waals surface area (Å²) >= 11 is 7.44. The molecule has 1 aromatic carbocycles. The summed E-state index contributed by atoms with van der Waals surface area (Å²) in [7, 11) is 0. The van der Waals surface area contributed by atoms with Gasteiger partial charge in [-0.3, -0.25) is 0 Å². The van der Waals surface area contributed by atoms with Crippen LogP contribution in [0.15, 0.2) is 28.1 Å². The van der Waals surface area contributed by atoms with Crippen molar-refractivity contribution < 1.29 is 8.91 Å². The molecule has 0 bridgehead atoms. The SMILES string of the molecule is Cc1csc(-c2nc(Cc3ccc(F)cc3Cl)no2)c1N. The molecule has 2 heterocycles. The van der Waals surface area contributed by atoms with Gasteiger partial charge in [-0.1, -0.05) is 22.8 Å². The number of rotatable bonds is 3. The van der Waals surface area contributed by atoms with Gasteiger partial charge in [0.15, 0.2) is 5.82 Å². The van der Waals surface area contributed by atoms with Crippen LogP contribution in [0.1, 0.15) is 17.0 Å². The summed E-state index contributed by atoms with van der Waals surface area (Å²) in [6, 6.07) is 4.22. The van der Waals surface area contributed by atoms with E-state index in [9.17, 15) is 4.39 Å². The molecule has 0 aliphatic rings. The molecule has 3 rings (SSSR count). The summed E-state index contributed by atoms with van der Waals surface area (Å²) in [5.74, 6) is 0.488. The van der Waals surface area contributed by atoms with Crippen LogP contribution < -0.4 is 5.73 Å². The normalized spacial score (nSPS) is 11.0. The number of nitrogen functional groups attached to an aromatic ring is 1. The van der Waals surface area contributed by atoms with Crippen LogP contribution >= 0.6 is 22.9 Å². The van der Waals surface area contributed by atoms with E-state index < -0.39 is 0 Å². The fourth-order valence-electron chi connectivity index (χ4n) is 1.87. The maximum atomic E-state index is 13.0. The van der Waals surface area contributed by atoms with Gasteiger partial charge in [0.1, 0.15) is 10.7 Å². The fraction of sp³-hybridized carbons (Fsp3) is 0.143. The maximum Gasteiger partial charge on any atom is 0.270 e. The third-order valence-corrected chi connectivity index (χ3v) is 4.50. The summed E-state index contributed by atoms with van der Waals surface area (Å²) in [6.07, 6.45) is 0.368. The van der Waals surface area contributed by atoms with Crippen LogP contribution in [0.2, 0.25) is 5.02 Å². The lowest BCUT2D eigenvalue weighted by atomic mass is 10.1. The highest BCUT2D eigenvalue weighted by Gasteiger charge is 2.16. The van der Waals surface area contributed by atoms with E-state index in [0.29, 0.717) is 28.8 Å². The molecular formula is C14H11ClFN3OS. The van der Waals surface area contributed by atoms with Crippen molar-refractivity contribution in [2.24, 2.45) is 0 Å². The van der Waals surface area contributed by atoms with Crippen molar-refractivity contribution in [2.75, 3.05) is 5.73 Å². The van der Waals surface area contributed by atoms with Crippen molar-refractivity contribution >= 4 is 28.6 Å². The van der Waals surface area contributed by atoms with Crippen LogP contribution in [0.5, 0.6) is 0 Å². The molecule has 0 saturated carbocycles. The van der Waals surface area contributed by atoms with Gasteiger partial charge in [-0.25, -0.2) is 4.39 Å². The van der Waals surface area contributed by atoms with Crippen molar-refractivity contribution in [3.63, 3.8) is 0 Å². The number of benzene rings is 1. The Hall–Kier alpha value is -1.92. The fourth-order valence-corrected chi connectivity index (χ4v) is 3.00. The van der Waals surface area contributed by atoms with Crippen molar-refractivity contribution in [1.29, 1.82) is 0 Å². The minimum absolute atomic E-state index is 0.341. The zero-order chi connectivity index (χ0) is 15.0. The molecule has 4 nitrogen and oxygen atoms in total. The minimum Gasteiger partial charge on any atom is -0.397 e. The van der Waals surface area contributed by atoms with Gasteiger partial charge in [0.05, 0.1) is 5.69 Å². The summed E-state index contributed by atoms with van der Waals surface area (Å²) in [5, 5.41) is 6.19. The first-order valence-electron chi connectivity index (χ1n) is 6.15. The van der Waals surface area contributed by atoms with Gasteiger partial charge in [0.25, 0.3) is 5.89 Å². The van der Waals surface area contributed by atoms with Gasteiger partial charge in [-0.15, -0.1) is 11.3 Å². The Balaban J connectivity index is 1.87. The molecule has 0 unspecified atom stereocenters. The number of halogens is 2. The number of aromatic nitrogens is 2. The molecule has 21 heavy (non-hydrogen) atoms. The van der Waals surface area contributed by atoms with Crippen LogP contribution in [-0.2, 0) is 6.42 Å². The van der Waals surface area contributed by atoms with Crippen molar-refractivity contribution in [2.45, 2.75) is 13.3 Å². The van der Waals surface area contributed by atoms with Gasteiger partial charge in [0.2, 0.25) is 0 Å². The second-order valence-electron chi connectivity index (χ2n) is 4.59. The van der Waals surface area contributed by atoms with E-state index in [2.05, 4.69) is 10.1 Å². The first kappa shape index (κ1) is 14.0. The number of hydrogen-bond acceptors (Lipinski definition) is 5. The van der Waals surface area contributed by atoms with Crippen molar-refractivity contribution in [3.05, 3.63) is 51.4 Å². The van der Waals surface area contributed by atoms with E-state index in [1.807, 2.05) is 12.3 Å². The highest BCUT2D eigenvalue weighted by atomic mass is 35.5. The van der Waals surface area contributed by atoms with Crippen molar-refractivity contribution in [3.8, 4) is 10.8 Å². The molecule has 0 spiro atoms. The lowest BCUT2D eigenvalue weighted by molar-refractivity contribution is 0.425. The van der Waals surface area contributed by atoms with Gasteiger partial charge in [0, 0.05) is 11.4 Å². The number of hydrogen-bond donors (Lipinski definition) is 1. The van der Waals surface area contributed by atoms with Gasteiger partial charge in [-0.05, 0) is 35.6 Å². The zero-order valence-electron chi connectivity index (χ0n) is 11.1. The summed E-state index contributed by atoms with van der Waals surface area (Å²) < 4.78 is 18.2. The number of thiophene rings is 1. The molecule has 7 heteroatoms. The van der Waals surface area contributed by atoms with Crippen LogP contribution in [0.3, 0.4) is 0 Å². The van der Waals surface area contributed by atoms with Gasteiger partial charge >= 0.3 is 0 Å². The highest BCUT2D eigenvalue weighted by molar-refractivity contribution is 7.14. The average molecular weight is 324 g/mol. The lowest BCUT2D eigenvalue weighted by Crippen LogP contribution is -1.93. The molecule has 0 radical (unpaired) electrons. The Morgan fingerprint density at radius 3 is 2.90 bits per heavy atom. The summed E-state index contributed by atoms with van der Waals surface area (Å²) in [6.45, 7) is 1.92. The molecule has 0 fully saturated rings. The van der Waals surface area contributed by atoms with E-state index in [1.54, 1.807) is 6.07 Å². The number of anilines is 1. The lowest BCUT2D eigenvalue weighted by Gasteiger charge is -2.00. The number of nitrogens with zero attached hydrogens (tertiary/aromatic N) is 2. The molecule has 108 valence electrons. The first-order chi connectivity index (χ1) is 10.0. The van der Waals surface area contributed by atoms with E-state index in [-0.39, 0.29) is 5.82 Å². The topological polar surface area (TPSA) is 64.9 Å². The monoisotopic (exact) mass is 323 g/mol. The Kier molecular flexibility index (Phi) is 3.65. The predicted octanol–water partition coefficient (Wildman–Crippen LogP) is 4.07. The van der Waals surface area contributed by atoms with Gasteiger partial charge in [-0.2, -0.15) is 4.98 Å². The summed E-state index contributed by atoms with van der Waals surface area (Å²) in [5.41, 5.74) is 8.32. The second-order valence-corrected chi connectivity index (χ2v) is 5.88. The van der Waals surface area contributed by atoms with E-state index in [1.165, 1.54) is 23.5 Å². The third-order valence-electron chi connectivity index (χ3n) is 3.05. The molecule has 0 saturated heterocycles. The Bertz CT molecular complexity index is 799. The van der Waals surface area contributed by atoms with Crippen LogP contribution in [0.4, 0.5) is 10.1 Å². The number of aryl methyl sites for hydroxylation is 1. The van der Waals surface area contributed by atoms with E-state index >= 15 is 0 Å².